The van der Waals surface area contributed by atoms with Gasteiger partial charge in [0.2, 0.25) is 0 Å². The number of pyridine rings is 1. The summed E-state index contributed by atoms with van der Waals surface area (Å²) in [5, 5.41) is 0. The molecule has 2 amide bonds. The molecular weight excluding hydrogens is 504 g/mol. The van der Waals surface area contributed by atoms with Crippen molar-refractivity contribution in [3.8, 4) is 0 Å². The highest BCUT2D eigenvalue weighted by Crippen LogP contribution is 2.47. The summed E-state index contributed by atoms with van der Waals surface area (Å²) in [5.74, 6) is 1.98. The molecule has 1 aromatic heterocycles. The number of piperazine rings is 1. The molecule has 0 spiro atoms. The van der Waals surface area contributed by atoms with Gasteiger partial charge in [-0.2, -0.15) is 0 Å². The Morgan fingerprint density at radius 3 is 2.39 bits per heavy atom. The molecule has 3 heterocycles. The Kier molecular flexibility index (Phi) is 6.32. The lowest BCUT2D eigenvalue weighted by atomic mass is 10.1. The Bertz CT molecular complexity index is 1380. The highest BCUT2D eigenvalue weighted by molar-refractivity contribution is 7.90. The number of hydrogen-bond acceptors (Lipinski definition) is 7. The highest BCUT2D eigenvalue weighted by atomic mass is 32.2. The van der Waals surface area contributed by atoms with E-state index in [0.29, 0.717) is 50.1 Å². The second kappa shape index (κ2) is 9.55. The topological polar surface area (TPSA) is 100 Å². The lowest BCUT2D eigenvalue weighted by molar-refractivity contribution is 0.0742. The van der Waals surface area contributed by atoms with E-state index in [0.717, 1.165) is 12.1 Å². The molecule has 202 valence electrons. The van der Waals surface area contributed by atoms with Gasteiger partial charge >= 0.3 is 6.09 Å². The first-order chi connectivity index (χ1) is 18.2. The van der Waals surface area contributed by atoms with E-state index in [9.17, 15) is 18.0 Å². The van der Waals surface area contributed by atoms with E-state index in [1.807, 2.05) is 13.1 Å². The Morgan fingerprint density at radius 2 is 1.76 bits per heavy atom. The van der Waals surface area contributed by atoms with E-state index in [1.54, 1.807) is 11.0 Å². The SMILES string of the molecule is CC[C@@H]1COC(=O)N1c1ccc(C(=O)N2CCN(c3ncc(C4CC4)cc3C3CC3)CC2)c(S(C)(=O)=O)c1. The van der Waals surface area contributed by atoms with Crippen LogP contribution < -0.4 is 9.80 Å². The average molecular weight is 539 g/mol. The van der Waals surface area contributed by atoms with Crippen LogP contribution in [0.5, 0.6) is 0 Å². The molecule has 2 aliphatic heterocycles. The molecule has 4 fully saturated rings. The number of hydrogen-bond donors (Lipinski definition) is 0. The molecule has 9 nitrogen and oxygen atoms in total. The van der Waals surface area contributed by atoms with E-state index in [4.69, 9.17) is 9.72 Å². The third-order valence-electron chi connectivity index (χ3n) is 8.15. The lowest BCUT2D eigenvalue weighted by Crippen LogP contribution is -2.49. The smallest absolute Gasteiger partial charge is 0.414 e. The van der Waals surface area contributed by atoms with Crippen molar-refractivity contribution in [2.45, 2.75) is 61.8 Å². The molecule has 1 atom stereocenters. The van der Waals surface area contributed by atoms with Gasteiger partial charge < -0.3 is 14.5 Å². The van der Waals surface area contributed by atoms with Gasteiger partial charge in [-0.15, -0.1) is 0 Å². The summed E-state index contributed by atoms with van der Waals surface area (Å²) in [5.41, 5.74) is 3.26. The molecule has 2 aromatic rings. The number of carbonyl (C=O) groups excluding carboxylic acids is 2. The zero-order chi connectivity index (χ0) is 26.6. The molecule has 0 bridgehead atoms. The molecule has 0 N–H and O–H groups in total. The molecule has 2 saturated heterocycles. The average Bonchev–Trinajstić information content (AvgIpc) is 3.84. The first-order valence-electron chi connectivity index (χ1n) is 13.6. The van der Waals surface area contributed by atoms with Crippen molar-refractivity contribution < 1.29 is 22.7 Å². The maximum Gasteiger partial charge on any atom is 0.414 e. The fourth-order valence-corrected chi connectivity index (χ4v) is 6.49. The van der Waals surface area contributed by atoms with Crippen molar-refractivity contribution in [1.29, 1.82) is 0 Å². The van der Waals surface area contributed by atoms with Crippen molar-refractivity contribution in [2.24, 2.45) is 0 Å². The van der Waals surface area contributed by atoms with Gasteiger partial charge in [-0.05, 0) is 73.3 Å². The van der Waals surface area contributed by atoms with Crippen LogP contribution in [0.4, 0.5) is 16.3 Å². The van der Waals surface area contributed by atoms with Crippen molar-refractivity contribution in [2.75, 3.05) is 48.8 Å². The Morgan fingerprint density at radius 1 is 1.05 bits per heavy atom. The second-order valence-electron chi connectivity index (χ2n) is 11.0. The molecule has 0 unspecified atom stereocenters. The van der Waals surface area contributed by atoms with Crippen molar-refractivity contribution in [1.82, 2.24) is 9.88 Å². The number of benzene rings is 1. The summed E-state index contributed by atoms with van der Waals surface area (Å²) < 4.78 is 30.7. The largest absolute Gasteiger partial charge is 0.447 e. The van der Waals surface area contributed by atoms with Crippen LogP contribution in [0.25, 0.3) is 0 Å². The van der Waals surface area contributed by atoms with Crippen molar-refractivity contribution in [3.63, 3.8) is 0 Å². The van der Waals surface area contributed by atoms with Crippen LogP contribution in [0.15, 0.2) is 35.4 Å². The monoisotopic (exact) mass is 538 g/mol. The molecule has 6 rings (SSSR count). The van der Waals surface area contributed by atoms with Crippen LogP contribution in [0.3, 0.4) is 0 Å². The van der Waals surface area contributed by atoms with Gasteiger partial charge in [-0.1, -0.05) is 13.0 Å². The number of anilines is 2. The predicted octanol–water partition coefficient (Wildman–Crippen LogP) is 3.94. The maximum atomic E-state index is 13.6. The minimum Gasteiger partial charge on any atom is -0.447 e. The normalized spacial score (nSPS) is 22.1. The molecule has 38 heavy (non-hydrogen) atoms. The molecule has 10 heteroatoms. The quantitative estimate of drug-likeness (QED) is 0.526. The van der Waals surface area contributed by atoms with Crippen LogP contribution in [0, 0.1) is 0 Å². The van der Waals surface area contributed by atoms with Crippen LogP contribution in [0.2, 0.25) is 0 Å². The summed E-state index contributed by atoms with van der Waals surface area (Å²) in [7, 11) is -3.73. The second-order valence-corrected chi connectivity index (χ2v) is 13.0. The zero-order valence-corrected chi connectivity index (χ0v) is 22.7. The van der Waals surface area contributed by atoms with E-state index in [1.165, 1.54) is 53.8 Å². The molecule has 2 saturated carbocycles. The fourth-order valence-electron chi connectivity index (χ4n) is 5.60. The Hall–Kier alpha value is -3.14. The molecule has 0 radical (unpaired) electrons. The van der Waals surface area contributed by atoms with Crippen LogP contribution >= 0.6 is 0 Å². The highest BCUT2D eigenvalue weighted by Gasteiger charge is 2.36. The standard InChI is InChI=1S/C28H34N4O5S/c1-3-21-17-37-28(34)32(21)22-8-9-23(25(15-22)38(2,35)36)27(33)31-12-10-30(11-13-31)26-24(19-6-7-19)14-20(16-29-26)18-4-5-18/h8-9,14-16,18-19,21H,3-7,10-13,17H2,1-2H3/t21-/m1/s1. The third-order valence-corrected chi connectivity index (χ3v) is 9.29. The van der Waals surface area contributed by atoms with E-state index in [2.05, 4.69) is 11.0 Å². The Labute approximate surface area is 223 Å². The minimum atomic E-state index is -3.73. The number of aromatic nitrogens is 1. The Balaban J connectivity index is 1.21. The number of cyclic esters (lactones) is 1. The van der Waals surface area contributed by atoms with Crippen molar-refractivity contribution in [3.05, 3.63) is 47.2 Å². The predicted molar refractivity (Wildman–Crippen MR) is 144 cm³/mol. The van der Waals surface area contributed by atoms with Gasteiger partial charge in [-0.3, -0.25) is 9.69 Å². The van der Waals surface area contributed by atoms with Gasteiger partial charge in [0.25, 0.3) is 5.91 Å². The summed E-state index contributed by atoms with van der Waals surface area (Å²) >= 11 is 0. The van der Waals surface area contributed by atoms with Crippen LogP contribution in [-0.2, 0) is 14.6 Å². The number of rotatable bonds is 7. The van der Waals surface area contributed by atoms with Gasteiger partial charge in [0.1, 0.15) is 12.4 Å². The summed E-state index contributed by atoms with van der Waals surface area (Å²) in [6, 6.07) is 6.79. The van der Waals surface area contributed by atoms with E-state index >= 15 is 0 Å². The minimum absolute atomic E-state index is 0.0645. The van der Waals surface area contributed by atoms with E-state index < -0.39 is 15.9 Å². The molecule has 1 aromatic carbocycles. The maximum absolute atomic E-state index is 13.6. The lowest BCUT2D eigenvalue weighted by Gasteiger charge is -2.36. The van der Waals surface area contributed by atoms with Gasteiger partial charge in [0.05, 0.1) is 16.5 Å². The molecule has 4 aliphatic rings. The van der Waals surface area contributed by atoms with Crippen molar-refractivity contribution >= 4 is 33.3 Å². The summed E-state index contributed by atoms with van der Waals surface area (Å²) in [6.45, 7) is 4.46. The first kappa shape index (κ1) is 25.2. The van der Waals surface area contributed by atoms with Gasteiger partial charge in [0.15, 0.2) is 9.84 Å². The molecular formula is C28H34N4O5S. The van der Waals surface area contributed by atoms with E-state index in [-0.39, 0.29) is 29.0 Å². The zero-order valence-electron chi connectivity index (χ0n) is 21.9. The fraction of sp³-hybridized carbons (Fsp3) is 0.536. The molecule has 2 aliphatic carbocycles. The summed E-state index contributed by atoms with van der Waals surface area (Å²) in [4.78, 5) is 36.1. The van der Waals surface area contributed by atoms with Gasteiger partial charge in [-0.25, -0.2) is 18.2 Å². The summed E-state index contributed by atoms with van der Waals surface area (Å²) in [6.07, 6.45) is 8.21. The number of sulfone groups is 1. The number of ether oxygens (including phenoxy) is 1. The van der Waals surface area contributed by atoms with Crippen LogP contribution in [0.1, 0.15) is 72.3 Å². The van der Waals surface area contributed by atoms with Crippen LogP contribution in [-0.4, -0.2) is 75.4 Å². The number of nitrogens with zero attached hydrogens (tertiary/aromatic N) is 4. The first-order valence-corrected chi connectivity index (χ1v) is 15.5. The number of carbonyl (C=O) groups is 2. The van der Waals surface area contributed by atoms with Gasteiger partial charge in [0, 0.05) is 44.3 Å². The number of amides is 2. The third kappa shape index (κ3) is 4.74.